The van der Waals surface area contributed by atoms with Gasteiger partial charge in [-0.1, -0.05) is 38.5 Å². The molecule has 1 aromatic carbocycles. The van der Waals surface area contributed by atoms with Crippen molar-refractivity contribution in [2.75, 3.05) is 24.6 Å². The Morgan fingerprint density at radius 2 is 2.18 bits per heavy atom. The standard InChI is InChI=1S/C18H26N2O2/c1-18(2)13-20(16-9-4-3-8-15(16)18)17(21)22-12-10-14-7-5-6-11-19-14/h3-4,8-9,14,19H,5-7,10-13H2,1-2H3. The number of rotatable bonds is 3. The highest BCUT2D eigenvalue weighted by Crippen LogP contribution is 2.40. The first kappa shape index (κ1) is 15.3. The zero-order valence-corrected chi connectivity index (χ0v) is 13.6. The maximum Gasteiger partial charge on any atom is 0.414 e. The zero-order chi connectivity index (χ0) is 15.6. The molecule has 0 aliphatic carbocycles. The van der Waals surface area contributed by atoms with E-state index in [1.165, 1.54) is 24.8 Å². The molecular weight excluding hydrogens is 276 g/mol. The number of anilines is 1. The molecule has 0 spiro atoms. The summed E-state index contributed by atoms with van der Waals surface area (Å²) in [6.45, 7) is 6.62. The smallest absolute Gasteiger partial charge is 0.414 e. The molecule has 4 nitrogen and oxygen atoms in total. The van der Waals surface area contributed by atoms with Gasteiger partial charge in [-0.05, 0) is 37.4 Å². The minimum Gasteiger partial charge on any atom is -0.449 e. The van der Waals surface area contributed by atoms with Gasteiger partial charge in [0.15, 0.2) is 0 Å². The maximum absolute atomic E-state index is 12.4. The molecule has 1 unspecified atom stereocenters. The van der Waals surface area contributed by atoms with Crippen molar-refractivity contribution in [2.24, 2.45) is 0 Å². The van der Waals surface area contributed by atoms with Crippen molar-refractivity contribution < 1.29 is 9.53 Å². The molecule has 1 saturated heterocycles. The molecule has 2 aliphatic rings. The lowest BCUT2D eigenvalue weighted by atomic mass is 9.87. The lowest BCUT2D eigenvalue weighted by molar-refractivity contribution is 0.145. The quantitative estimate of drug-likeness (QED) is 0.930. The predicted octanol–water partition coefficient (Wildman–Crippen LogP) is 3.45. The highest BCUT2D eigenvalue weighted by molar-refractivity contribution is 5.91. The molecule has 1 amide bonds. The fourth-order valence-electron chi connectivity index (χ4n) is 3.55. The molecule has 0 radical (unpaired) electrons. The van der Waals surface area contributed by atoms with Gasteiger partial charge in [0.05, 0.1) is 12.3 Å². The van der Waals surface area contributed by atoms with Crippen LogP contribution in [0.1, 0.15) is 45.1 Å². The lowest BCUT2D eigenvalue weighted by Gasteiger charge is -2.24. The van der Waals surface area contributed by atoms with Gasteiger partial charge in [0.25, 0.3) is 0 Å². The van der Waals surface area contributed by atoms with Crippen LogP contribution in [0.3, 0.4) is 0 Å². The molecule has 1 aromatic rings. The highest BCUT2D eigenvalue weighted by atomic mass is 16.6. The molecule has 0 bridgehead atoms. The summed E-state index contributed by atoms with van der Waals surface area (Å²) in [5, 5.41) is 3.49. The van der Waals surface area contributed by atoms with E-state index < -0.39 is 0 Å². The third-order valence-corrected chi connectivity index (χ3v) is 4.80. The fourth-order valence-corrected chi connectivity index (χ4v) is 3.55. The van der Waals surface area contributed by atoms with Crippen LogP contribution >= 0.6 is 0 Å². The minimum absolute atomic E-state index is 0.0134. The Hall–Kier alpha value is -1.55. The molecule has 1 N–H and O–H groups in total. The second-order valence-electron chi connectivity index (χ2n) is 7.04. The average molecular weight is 302 g/mol. The van der Waals surface area contributed by atoms with Crippen molar-refractivity contribution in [1.29, 1.82) is 0 Å². The van der Waals surface area contributed by atoms with E-state index >= 15 is 0 Å². The second kappa shape index (κ2) is 6.29. The molecule has 120 valence electrons. The van der Waals surface area contributed by atoms with E-state index in [2.05, 4.69) is 25.2 Å². The van der Waals surface area contributed by atoms with Crippen molar-refractivity contribution in [1.82, 2.24) is 5.32 Å². The number of carbonyl (C=O) groups is 1. The Morgan fingerprint density at radius 3 is 2.95 bits per heavy atom. The summed E-state index contributed by atoms with van der Waals surface area (Å²) in [6.07, 6.45) is 4.42. The molecule has 3 rings (SSSR count). The first-order chi connectivity index (χ1) is 10.6. The van der Waals surface area contributed by atoms with E-state index in [1.807, 2.05) is 18.2 Å². The fraction of sp³-hybridized carbons (Fsp3) is 0.611. The average Bonchev–Trinajstić information content (AvgIpc) is 2.81. The van der Waals surface area contributed by atoms with Crippen LogP contribution in [-0.2, 0) is 10.2 Å². The Bertz CT molecular complexity index is 536. The number of fused-ring (bicyclic) bond motifs is 1. The van der Waals surface area contributed by atoms with Gasteiger partial charge in [-0.25, -0.2) is 4.79 Å². The summed E-state index contributed by atoms with van der Waals surface area (Å²) in [7, 11) is 0. The third kappa shape index (κ3) is 3.12. The number of piperidine rings is 1. The predicted molar refractivity (Wildman–Crippen MR) is 88.4 cm³/mol. The Labute approximate surface area is 132 Å². The highest BCUT2D eigenvalue weighted by Gasteiger charge is 2.38. The first-order valence-corrected chi connectivity index (χ1v) is 8.35. The van der Waals surface area contributed by atoms with Crippen LogP contribution in [-0.4, -0.2) is 31.8 Å². The number of amides is 1. The molecular formula is C18H26N2O2. The van der Waals surface area contributed by atoms with Crippen molar-refractivity contribution in [2.45, 2.75) is 51.0 Å². The number of para-hydroxylation sites is 1. The van der Waals surface area contributed by atoms with Gasteiger partial charge in [0.2, 0.25) is 0 Å². The number of nitrogens with one attached hydrogen (secondary N) is 1. The van der Waals surface area contributed by atoms with Crippen LogP contribution in [0.25, 0.3) is 0 Å². The molecule has 2 aliphatic heterocycles. The van der Waals surface area contributed by atoms with Gasteiger partial charge in [0.1, 0.15) is 0 Å². The topological polar surface area (TPSA) is 41.6 Å². The number of benzene rings is 1. The Kier molecular flexibility index (Phi) is 4.39. The lowest BCUT2D eigenvalue weighted by Crippen LogP contribution is -2.37. The van der Waals surface area contributed by atoms with E-state index in [9.17, 15) is 4.79 Å². The van der Waals surface area contributed by atoms with E-state index in [0.717, 1.165) is 18.7 Å². The SMILES string of the molecule is CC1(C)CN(C(=O)OCCC2CCCCN2)c2ccccc21. The molecule has 1 fully saturated rings. The van der Waals surface area contributed by atoms with Gasteiger partial charge in [-0.15, -0.1) is 0 Å². The van der Waals surface area contributed by atoms with Crippen LogP contribution in [0.4, 0.5) is 10.5 Å². The number of nitrogens with zero attached hydrogens (tertiary/aromatic N) is 1. The number of hydrogen-bond acceptors (Lipinski definition) is 3. The number of hydrogen-bond donors (Lipinski definition) is 1. The van der Waals surface area contributed by atoms with Crippen molar-refractivity contribution in [3.05, 3.63) is 29.8 Å². The Balaban J connectivity index is 1.57. The van der Waals surface area contributed by atoms with Gasteiger partial charge in [0, 0.05) is 18.0 Å². The molecule has 0 saturated carbocycles. The van der Waals surface area contributed by atoms with E-state index in [1.54, 1.807) is 4.90 Å². The number of carbonyl (C=O) groups excluding carboxylic acids is 1. The van der Waals surface area contributed by atoms with Crippen LogP contribution in [0.5, 0.6) is 0 Å². The van der Waals surface area contributed by atoms with Crippen LogP contribution in [0.15, 0.2) is 24.3 Å². The van der Waals surface area contributed by atoms with Crippen LogP contribution in [0, 0.1) is 0 Å². The normalized spacial score (nSPS) is 23.2. The summed E-state index contributed by atoms with van der Waals surface area (Å²) in [5.74, 6) is 0. The zero-order valence-electron chi connectivity index (χ0n) is 13.6. The molecule has 0 aromatic heterocycles. The second-order valence-corrected chi connectivity index (χ2v) is 7.04. The summed E-state index contributed by atoms with van der Waals surface area (Å²) in [6, 6.07) is 8.63. The van der Waals surface area contributed by atoms with Crippen molar-refractivity contribution in [3.63, 3.8) is 0 Å². The van der Waals surface area contributed by atoms with Crippen molar-refractivity contribution >= 4 is 11.8 Å². The summed E-state index contributed by atoms with van der Waals surface area (Å²) < 4.78 is 5.53. The van der Waals surface area contributed by atoms with Gasteiger partial charge < -0.3 is 10.1 Å². The van der Waals surface area contributed by atoms with E-state index in [4.69, 9.17) is 4.74 Å². The summed E-state index contributed by atoms with van der Waals surface area (Å²) >= 11 is 0. The van der Waals surface area contributed by atoms with E-state index in [0.29, 0.717) is 19.2 Å². The van der Waals surface area contributed by atoms with Gasteiger partial charge >= 0.3 is 6.09 Å². The summed E-state index contributed by atoms with van der Waals surface area (Å²) in [5.41, 5.74) is 2.20. The largest absolute Gasteiger partial charge is 0.449 e. The molecule has 4 heteroatoms. The van der Waals surface area contributed by atoms with Gasteiger partial charge in [-0.3, -0.25) is 4.90 Å². The first-order valence-electron chi connectivity index (χ1n) is 8.35. The third-order valence-electron chi connectivity index (χ3n) is 4.80. The van der Waals surface area contributed by atoms with Crippen LogP contribution < -0.4 is 10.2 Å². The molecule has 1 atom stereocenters. The van der Waals surface area contributed by atoms with Crippen LogP contribution in [0.2, 0.25) is 0 Å². The minimum atomic E-state index is -0.214. The molecule has 22 heavy (non-hydrogen) atoms. The monoisotopic (exact) mass is 302 g/mol. The Morgan fingerprint density at radius 1 is 1.36 bits per heavy atom. The van der Waals surface area contributed by atoms with E-state index in [-0.39, 0.29) is 11.5 Å². The number of ether oxygens (including phenoxy) is 1. The van der Waals surface area contributed by atoms with Gasteiger partial charge in [-0.2, -0.15) is 0 Å². The maximum atomic E-state index is 12.4. The van der Waals surface area contributed by atoms with Crippen molar-refractivity contribution in [3.8, 4) is 0 Å². The summed E-state index contributed by atoms with van der Waals surface area (Å²) in [4.78, 5) is 14.2. The molecule has 2 heterocycles.